The number of carbonyl (C=O) groups is 1. The Kier molecular flexibility index (Phi) is 7.07. The third-order valence-corrected chi connectivity index (χ3v) is 6.36. The molecule has 1 aromatic heterocycles. The summed E-state index contributed by atoms with van der Waals surface area (Å²) in [5.41, 5.74) is 1.73. The van der Waals surface area contributed by atoms with Gasteiger partial charge in [-0.1, -0.05) is 15.9 Å². The summed E-state index contributed by atoms with van der Waals surface area (Å²) >= 11 is 3.27. The SMILES string of the molecule is COCCn1ccc2cc(NC(=O)CCNS(=O)(=O)c3ccc(Br)cc3)ccc21. The zero-order chi connectivity index (χ0) is 20.9. The van der Waals surface area contributed by atoms with Crippen molar-refractivity contribution in [3.8, 4) is 0 Å². The Labute approximate surface area is 178 Å². The van der Waals surface area contributed by atoms with Crippen LogP contribution in [0.4, 0.5) is 5.69 Å². The smallest absolute Gasteiger partial charge is 0.240 e. The topological polar surface area (TPSA) is 89.4 Å². The van der Waals surface area contributed by atoms with Crippen molar-refractivity contribution in [2.75, 3.05) is 25.6 Å². The number of hydrogen-bond donors (Lipinski definition) is 2. The van der Waals surface area contributed by atoms with Gasteiger partial charge in [-0.15, -0.1) is 0 Å². The summed E-state index contributed by atoms with van der Waals surface area (Å²) in [5, 5.41) is 3.82. The number of carbonyl (C=O) groups excluding carboxylic acids is 1. The van der Waals surface area contributed by atoms with Crippen LogP contribution in [0, 0.1) is 0 Å². The Balaban J connectivity index is 1.54. The third-order valence-electron chi connectivity index (χ3n) is 4.36. The fourth-order valence-electron chi connectivity index (χ4n) is 2.88. The van der Waals surface area contributed by atoms with Crippen molar-refractivity contribution in [3.63, 3.8) is 0 Å². The van der Waals surface area contributed by atoms with E-state index in [0.29, 0.717) is 12.3 Å². The van der Waals surface area contributed by atoms with E-state index in [4.69, 9.17) is 4.74 Å². The number of rotatable bonds is 9. The van der Waals surface area contributed by atoms with E-state index in [-0.39, 0.29) is 23.8 Å². The lowest BCUT2D eigenvalue weighted by Gasteiger charge is -2.09. The first-order valence-electron chi connectivity index (χ1n) is 9.02. The number of fused-ring (bicyclic) bond motifs is 1. The van der Waals surface area contributed by atoms with Gasteiger partial charge in [0.05, 0.1) is 11.5 Å². The number of benzene rings is 2. The van der Waals surface area contributed by atoms with Crippen LogP contribution in [0.5, 0.6) is 0 Å². The minimum atomic E-state index is -3.64. The highest BCUT2D eigenvalue weighted by atomic mass is 79.9. The van der Waals surface area contributed by atoms with Crippen molar-refractivity contribution in [2.45, 2.75) is 17.9 Å². The van der Waals surface area contributed by atoms with Crippen LogP contribution in [0.3, 0.4) is 0 Å². The molecule has 1 heterocycles. The first-order chi connectivity index (χ1) is 13.9. The zero-order valence-corrected chi connectivity index (χ0v) is 18.3. The van der Waals surface area contributed by atoms with Crippen LogP contribution in [0.25, 0.3) is 10.9 Å². The molecule has 0 aliphatic heterocycles. The van der Waals surface area contributed by atoms with Gasteiger partial charge in [0.2, 0.25) is 15.9 Å². The Morgan fingerprint density at radius 1 is 1.14 bits per heavy atom. The molecule has 0 aliphatic carbocycles. The molecule has 3 aromatic rings. The summed E-state index contributed by atoms with van der Waals surface area (Å²) in [5.74, 6) is -0.262. The summed E-state index contributed by atoms with van der Waals surface area (Å²) in [7, 11) is -1.98. The van der Waals surface area contributed by atoms with Crippen molar-refractivity contribution in [1.82, 2.24) is 9.29 Å². The van der Waals surface area contributed by atoms with Gasteiger partial charge in [-0.05, 0) is 48.5 Å². The fourth-order valence-corrected chi connectivity index (χ4v) is 4.18. The number of nitrogens with one attached hydrogen (secondary N) is 2. The molecule has 0 radical (unpaired) electrons. The maximum Gasteiger partial charge on any atom is 0.240 e. The number of ether oxygens (including phenoxy) is 1. The Morgan fingerprint density at radius 2 is 1.90 bits per heavy atom. The second kappa shape index (κ2) is 9.53. The van der Waals surface area contributed by atoms with Gasteiger partial charge in [-0.2, -0.15) is 0 Å². The molecule has 0 aliphatic rings. The molecule has 0 unspecified atom stereocenters. The number of amides is 1. The lowest BCUT2D eigenvalue weighted by Crippen LogP contribution is -2.27. The number of anilines is 1. The van der Waals surface area contributed by atoms with Crippen LogP contribution >= 0.6 is 15.9 Å². The van der Waals surface area contributed by atoms with Gasteiger partial charge in [-0.3, -0.25) is 4.79 Å². The number of nitrogens with zero attached hydrogens (tertiary/aromatic N) is 1. The first-order valence-corrected chi connectivity index (χ1v) is 11.3. The maximum absolute atomic E-state index is 12.2. The van der Waals surface area contributed by atoms with Gasteiger partial charge < -0.3 is 14.6 Å². The van der Waals surface area contributed by atoms with Crippen LogP contribution in [0.15, 0.2) is 64.1 Å². The van der Waals surface area contributed by atoms with Crippen molar-refractivity contribution in [1.29, 1.82) is 0 Å². The molecule has 154 valence electrons. The van der Waals surface area contributed by atoms with Crippen LogP contribution in [0.2, 0.25) is 0 Å². The molecular formula is C20H22BrN3O4S. The van der Waals surface area contributed by atoms with Crippen molar-refractivity contribution < 1.29 is 17.9 Å². The van der Waals surface area contributed by atoms with E-state index in [1.807, 2.05) is 30.5 Å². The molecule has 0 saturated carbocycles. The van der Waals surface area contributed by atoms with Gasteiger partial charge >= 0.3 is 0 Å². The number of hydrogen-bond acceptors (Lipinski definition) is 4. The number of aromatic nitrogens is 1. The predicted octanol–water partition coefficient (Wildman–Crippen LogP) is 3.36. The molecular weight excluding hydrogens is 458 g/mol. The van der Waals surface area contributed by atoms with E-state index in [1.54, 1.807) is 19.2 Å². The standard InChI is InChI=1S/C20H22BrN3O4S/c1-28-13-12-24-11-9-15-14-17(4-7-19(15)24)23-20(25)8-10-22-29(26,27)18-5-2-16(21)3-6-18/h2-7,9,11,14,22H,8,10,12-13H2,1H3,(H,23,25). The highest BCUT2D eigenvalue weighted by molar-refractivity contribution is 9.10. The van der Waals surface area contributed by atoms with Crippen LogP contribution in [0.1, 0.15) is 6.42 Å². The molecule has 0 fully saturated rings. The van der Waals surface area contributed by atoms with Gasteiger partial charge in [0.1, 0.15) is 0 Å². The molecule has 7 nitrogen and oxygen atoms in total. The van der Waals surface area contributed by atoms with E-state index >= 15 is 0 Å². The third kappa shape index (κ3) is 5.66. The average molecular weight is 480 g/mol. The molecule has 0 spiro atoms. The Hall–Kier alpha value is -2.20. The summed E-state index contributed by atoms with van der Waals surface area (Å²) in [6, 6.07) is 13.9. The lowest BCUT2D eigenvalue weighted by atomic mass is 10.2. The molecule has 2 aromatic carbocycles. The van der Waals surface area contributed by atoms with E-state index < -0.39 is 10.0 Å². The average Bonchev–Trinajstić information content (AvgIpc) is 3.08. The normalized spacial score (nSPS) is 11.7. The first kappa shape index (κ1) is 21.5. The van der Waals surface area contributed by atoms with Crippen LogP contribution in [-0.2, 0) is 26.1 Å². The van der Waals surface area contributed by atoms with Gasteiger partial charge in [-0.25, -0.2) is 13.1 Å². The highest BCUT2D eigenvalue weighted by Gasteiger charge is 2.14. The predicted molar refractivity (Wildman–Crippen MR) is 116 cm³/mol. The molecule has 3 rings (SSSR count). The summed E-state index contributed by atoms with van der Waals surface area (Å²) in [6.45, 7) is 1.39. The van der Waals surface area contributed by atoms with Crippen molar-refractivity contribution in [2.24, 2.45) is 0 Å². The molecule has 0 bridgehead atoms. The van der Waals surface area contributed by atoms with E-state index in [2.05, 4.69) is 30.5 Å². The van der Waals surface area contributed by atoms with E-state index in [0.717, 1.165) is 21.9 Å². The van der Waals surface area contributed by atoms with Gasteiger partial charge in [0, 0.05) is 53.9 Å². The summed E-state index contributed by atoms with van der Waals surface area (Å²) < 4.78 is 34.9. The minimum absolute atomic E-state index is 0.0138. The second-order valence-electron chi connectivity index (χ2n) is 6.43. The lowest BCUT2D eigenvalue weighted by molar-refractivity contribution is -0.116. The van der Waals surface area contributed by atoms with Crippen molar-refractivity contribution >= 4 is 48.5 Å². The van der Waals surface area contributed by atoms with Crippen LogP contribution < -0.4 is 10.0 Å². The molecule has 2 N–H and O–H groups in total. The summed E-state index contributed by atoms with van der Waals surface area (Å²) in [6.07, 6.45) is 2.01. The summed E-state index contributed by atoms with van der Waals surface area (Å²) in [4.78, 5) is 12.3. The molecule has 9 heteroatoms. The minimum Gasteiger partial charge on any atom is -0.383 e. The maximum atomic E-state index is 12.2. The zero-order valence-electron chi connectivity index (χ0n) is 15.9. The quantitative estimate of drug-likeness (QED) is 0.492. The highest BCUT2D eigenvalue weighted by Crippen LogP contribution is 2.21. The van der Waals surface area contributed by atoms with Crippen LogP contribution in [-0.4, -0.2) is 39.2 Å². The number of halogens is 1. The largest absolute Gasteiger partial charge is 0.383 e. The van der Waals surface area contributed by atoms with Crippen molar-refractivity contribution in [3.05, 3.63) is 59.2 Å². The number of sulfonamides is 1. The molecule has 0 atom stereocenters. The van der Waals surface area contributed by atoms with E-state index in [1.165, 1.54) is 12.1 Å². The molecule has 1 amide bonds. The van der Waals surface area contributed by atoms with Gasteiger partial charge in [0.15, 0.2) is 0 Å². The second-order valence-corrected chi connectivity index (χ2v) is 9.11. The fraction of sp³-hybridized carbons (Fsp3) is 0.250. The van der Waals surface area contributed by atoms with Gasteiger partial charge in [0.25, 0.3) is 0 Å². The monoisotopic (exact) mass is 479 g/mol. The van der Waals surface area contributed by atoms with E-state index in [9.17, 15) is 13.2 Å². The molecule has 29 heavy (non-hydrogen) atoms. The Morgan fingerprint density at radius 3 is 2.62 bits per heavy atom. The Bertz CT molecular complexity index is 1090. The molecule has 0 saturated heterocycles. The number of methoxy groups -OCH3 is 1.